The van der Waals surface area contributed by atoms with Crippen LogP contribution in [0.1, 0.15) is 35.3 Å². The smallest absolute Gasteiger partial charge is 0.254 e. The van der Waals surface area contributed by atoms with E-state index in [0.29, 0.717) is 12.1 Å². The minimum absolute atomic E-state index is 0.113. The molecular weight excluding hydrogens is 500 g/mol. The standard InChI is InChI=1S/C30H36N2O5S/c1-21-10-9-12-25(16-21)38(35,36)31(4)18-29-22(2)17-32(23(3)19-33)30(34)28-15-8-7-14-27(28)26-13-6-5-11-24(26)20-37-29/h5-16,22-23,29,33H,17-20H2,1-4H3/t22-,23-,29-/m0/s1. The van der Waals surface area contributed by atoms with E-state index in [9.17, 15) is 18.3 Å². The lowest BCUT2D eigenvalue weighted by Crippen LogP contribution is -2.47. The van der Waals surface area contributed by atoms with E-state index in [0.717, 1.165) is 22.3 Å². The Kier molecular flexibility index (Phi) is 8.67. The van der Waals surface area contributed by atoms with Crippen molar-refractivity contribution in [3.8, 4) is 11.1 Å². The van der Waals surface area contributed by atoms with Gasteiger partial charge < -0.3 is 14.7 Å². The lowest BCUT2D eigenvalue weighted by atomic mass is 9.94. The van der Waals surface area contributed by atoms with Gasteiger partial charge in [0.15, 0.2) is 0 Å². The summed E-state index contributed by atoms with van der Waals surface area (Å²) in [6.07, 6.45) is -0.505. The first kappa shape index (κ1) is 28.0. The number of hydrogen-bond donors (Lipinski definition) is 1. The fourth-order valence-electron chi connectivity index (χ4n) is 4.86. The van der Waals surface area contributed by atoms with Crippen LogP contribution in [0.4, 0.5) is 0 Å². The van der Waals surface area contributed by atoms with Crippen molar-refractivity contribution >= 4 is 15.9 Å². The molecule has 3 atom stereocenters. The number of aliphatic hydroxyl groups excluding tert-OH is 1. The number of aryl methyl sites for hydroxylation is 1. The predicted molar refractivity (Wildman–Crippen MR) is 148 cm³/mol. The molecule has 0 fully saturated rings. The van der Waals surface area contributed by atoms with Gasteiger partial charge in [0.05, 0.1) is 30.3 Å². The van der Waals surface area contributed by atoms with Gasteiger partial charge in [-0.3, -0.25) is 4.79 Å². The number of aliphatic hydroxyl groups is 1. The Balaban J connectivity index is 1.73. The van der Waals surface area contributed by atoms with E-state index in [1.165, 1.54) is 4.31 Å². The Morgan fingerprint density at radius 3 is 2.37 bits per heavy atom. The highest BCUT2D eigenvalue weighted by atomic mass is 32.2. The average Bonchev–Trinajstić information content (AvgIpc) is 2.94. The van der Waals surface area contributed by atoms with Gasteiger partial charge in [0.2, 0.25) is 10.0 Å². The molecule has 1 N–H and O–H groups in total. The van der Waals surface area contributed by atoms with Gasteiger partial charge in [-0.2, -0.15) is 4.31 Å². The molecule has 4 rings (SSSR count). The number of nitrogens with zero attached hydrogens (tertiary/aromatic N) is 2. The van der Waals surface area contributed by atoms with Crippen LogP contribution in [0.3, 0.4) is 0 Å². The Morgan fingerprint density at radius 2 is 1.68 bits per heavy atom. The highest BCUT2D eigenvalue weighted by molar-refractivity contribution is 7.89. The second-order valence-electron chi connectivity index (χ2n) is 10.1. The molecule has 1 aliphatic rings. The maximum Gasteiger partial charge on any atom is 0.254 e. The number of ether oxygens (including phenoxy) is 1. The molecule has 3 aromatic rings. The van der Waals surface area contributed by atoms with Crippen LogP contribution >= 0.6 is 0 Å². The zero-order chi connectivity index (χ0) is 27.4. The Morgan fingerprint density at radius 1 is 1.03 bits per heavy atom. The van der Waals surface area contributed by atoms with E-state index in [1.807, 2.05) is 75.4 Å². The maximum atomic E-state index is 13.9. The van der Waals surface area contributed by atoms with Crippen molar-refractivity contribution in [2.24, 2.45) is 5.92 Å². The van der Waals surface area contributed by atoms with Crippen LogP contribution in [-0.2, 0) is 21.4 Å². The Bertz CT molecular complexity index is 1390. The third-order valence-corrected chi connectivity index (χ3v) is 9.05. The van der Waals surface area contributed by atoms with E-state index in [1.54, 1.807) is 30.1 Å². The summed E-state index contributed by atoms with van der Waals surface area (Å²) >= 11 is 0. The molecule has 0 saturated carbocycles. The summed E-state index contributed by atoms with van der Waals surface area (Å²) in [6, 6.07) is 21.7. The normalized spacial score (nSPS) is 19.4. The summed E-state index contributed by atoms with van der Waals surface area (Å²) in [4.78, 5) is 15.8. The highest BCUT2D eigenvalue weighted by Crippen LogP contribution is 2.31. The summed E-state index contributed by atoms with van der Waals surface area (Å²) in [5.41, 5.74) is 4.03. The molecular formula is C30H36N2O5S. The van der Waals surface area contributed by atoms with Crippen LogP contribution in [0.2, 0.25) is 0 Å². The first-order chi connectivity index (χ1) is 18.1. The van der Waals surface area contributed by atoms with Gasteiger partial charge in [0.1, 0.15) is 0 Å². The van der Waals surface area contributed by atoms with Gasteiger partial charge >= 0.3 is 0 Å². The zero-order valence-corrected chi connectivity index (χ0v) is 23.2. The molecule has 8 heteroatoms. The minimum atomic E-state index is -3.75. The fraction of sp³-hybridized carbons (Fsp3) is 0.367. The van der Waals surface area contributed by atoms with Gasteiger partial charge in [-0.1, -0.05) is 61.5 Å². The number of amides is 1. The quantitative estimate of drug-likeness (QED) is 0.507. The van der Waals surface area contributed by atoms with Crippen LogP contribution < -0.4 is 0 Å². The van der Waals surface area contributed by atoms with Crippen molar-refractivity contribution in [2.45, 2.75) is 44.4 Å². The van der Waals surface area contributed by atoms with Gasteiger partial charge in [-0.25, -0.2) is 8.42 Å². The molecule has 3 aromatic carbocycles. The van der Waals surface area contributed by atoms with Gasteiger partial charge in [-0.05, 0) is 54.3 Å². The number of rotatable bonds is 6. The first-order valence-corrected chi connectivity index (χ1v) is 14.3. The molecule has 0 radical (unpaired) electrons. The number of carbonyl (C=O) groups is 1. The van der Waals surface area contributed by atoms with Crippen molar-refractivity contribution in [1.29, 1.82) is 0 Å². The van der Waals surface area contributed by atoms with Gasteiger partial charge in [-0.15, -0.1) is 0 Å². The van der Waals surface area contributed by atoms with Crippen molar-refractivity contribution in [2.75, 3.05) is 26.7 Å². The van der Waals surface area contributed by atoms with Crippen molar-refractivity contribution < 1.29 is 23.1 Å². The predicted octanol–water partition coefficient (Wildman–Crippen LogP) is 4.34. The van der Waals surface area contributed by atoms with E-state index >= 15 is 0 Å². The van der Waals surface area contributed by atoms with Crippen molar-refractivity contribution in [3.63, 3.8) is 0 Å². The average molecular weight is 537 g/mol. The van der Waals surface area contributed by atoms with Crippen LogP contribution in [0.25, 0.3) is 11.1 Å². The number of likely N-dealkylation sites (N-methyl/N-ethyl adjacent to an activating group) is 1. The van der Waals surface area contributed by atoms with E-state index < -0.39 is 22.2 Å². The highest BCUT2D eigenvalue weighted by Gasteiger charge is 2.32. The molecule has 0 aromatic heterocycles. The van der Waals surface area contributed by atoms with Gasteiger partial charge in [0.25, 0.3) is 5.91 Å². The summed E-state index contributed by atoms with van der Waals surface area (Å²) < 4.78 is 34.5. The number of benzene rings is 3. The molecule has 0 spiro atoms. The molecule has 202 valence electrons. The summed E-state index contributed by atoms with van der Waals surface area (Å²) in [6.45, 7) is 6.11. The zero-order valence-electron chi connectivity index (χ0n) is 22.4. The minimum Gasteiger partial charge on any atom is -0.394 e. The molecule has 38 heavy (non-hydrogen) atoms. The fourth-order valence-corrected chi connectivity index (χ4v) is 6.15. The molecule has 0 aliphatic carbocycles. The number of fused-ring (bicyclic) bond motifs is 3. The van der Waals surface area contributed by atoms with Crippen molar-refractivity contribution in [1.82, 2.24) is 9.21 Å². The first-order valence-electron chi connectivity index (χ1n) is 12.9. The lowest BCUT2D eigenvalue weighted by molar-refractivity contribution is -0.0146. The van der Waals surface area contributed by atoms with Crippen LogP contribution in [0.15, 0.2) is 77.7 Å². The van der Waals surface area contributed by atoms with Crippen LogP contribution in [0, 0.1) is 12.8 Å². The molecule has 1 heterocycles. The maximum absolute atomic E-state index is 13.9. The molecule has 1 amide bonds. The number of carbonyl (C=O) groups excluding carboxylic acids is 1. The summed E-state index contributed by atoms with van der Waals surface area (Å²) in [7, 11) is -2.19. The third-order valence-electron chi connectivity index (χ3n) is 7.23. The molecule has 0 saturated heterocycles. The molecule has 0 unspecified atom stereocenters. The summed E-state index contributed by atoms with van der Waals surface area (Å²) in [5.74, 6) is -0.397. The van der Waals surface area contributed by atoms with Crippen LogP contribution in [0.5, 0.6) is 0 Å². The van der Waals surface area contributed by atoms with E-state index in [2.05, 4.69) is 0 Å². The molecule has 0 bridgehead atoms. The SMILES string of the molecule is Cc1cccc(S(=O)(=O)N(C)C[C@@H]2OCc3ccccc3-c3ccccc3C(=O)N([C@@H](C)CO)C[C@@H]2C)c1. The topological polar surface area (TPSA) is 87.2 Å². The Hall–Kier alpha value is -3.04. The third kappa shape index (κ3) is 5.83. The van der Waals surface area contributed by atoms with Crippen molar-refractivity contribution in [3.05, 3.63) is 89.5 Å². The monoisotopic (exact) mass is 536 g/mol. The summed E-state index contributed by atoms with van der Waals surface area (Å²) in [5, 5.41) is 9.99. The van der Waals surface area contributed by atoms with Gasteiger partial charge in [0, 0.05) is 31.6 Å². The lowest BCUT2D eigenvalue weighted by Gasteiger charge is -2.35. The second kappa shape index (κ2) is 11.8. The van der Waals surface area contributed by atoms with E-state index in [-0.39, 0.29) is 36.5 Å². The molecule has 7 nitrogen and oxygen atoms in total. The second-order valence-corrected chi connectivity index (χ2v) is 12.2. The largest absolute Gasteiger partial charge is 0.394 e. The number of hydrogen-bond acceptors (Lipinski definition) is 5. The molecule has 1 aliphatic heterocycles. The van der Waals surface area contributed by atoms with Crippen LogP contribution in [-0.4, -0.2) is 67.5 Å². The Labute approximate surface area is 225 Å². The van der Waals surface area contributed by atoms with E-state index in [4.69, 9.17) is 4.74 Å². The number of sulfonamides is 1.